The summed E-state index contributed by atoms with van der Waals surface area (Å²) in [5, 5.41) is 20.2. The molecule has 4 rings (SSSR count). The Morgan fingerprint density at radius 1 is 1.18 bits per heavy atom. The molecule has 39 heavy (non-hydrogen) atoms. The number of methoxy groups -OCH3 is 1. The molecule has 17 heteroatoms. The Morgan fingerprint density at radius 3 is 2.62 bits per heavy atom. The van der Waals surface area contributed by atoms with E-state index in [2.05, 4.69) is 41.6 Å². The van der Waals surface area contributed by atoms with Crippen LogP contribution in [0.4, 0.5) is 17.2 Å². The first-order chi connectivity index (χ1) is 18.6. The summed E-state index contributed by atoms with van der Waals surface area (Å²) >= 11 is 0. The van der Waals surface area contributed by atoms with Gasteiger partial charge in [-0.15, -0.1) is 10.2 Å². The van der Waals surface area contributed by atoms with Gasteiger partial charge in [0.15, 0.2) is 23.1 Å². The fourth-order valence-electron chi connectivity index (χ4n) is 3.40. The van der Waals surface area contributed by atoms with Gasteiger partial charge in [-0.3, -0.25) is 14.4 Å². The summed E-state index contributed by atoms with van der Waals surface area (Å²) in [5.41, 5.74) is 5.98. The average molecular weight is 525 g/mol. The van der Waals surface area contributed by atoms with Gasteiger partial charge in [0.05, 0.1) is 60.7 Å². The van der Waals surface area contributed by atoms with Gasteiger partial charge in [0.25, 0.3) is 11.8 Å². The van der Waals surface area contributed by atoms with Crippen molar-refractivity contribution < 1.29 is 23.6 Å². The van der Waals surface area contributed by atoms with Crippen LogP contribution in [0.1, 0.15) is 29.2 Å². The number of carbonyl (C=O) groups is 3. The van der Waals surface area contributed by atoms with E-state index >= 15 is 0 Å². The second-order valence-electron chi connectivity index (χ2n) is 8.65. The van der Waals surface area contributed by atoms with Crippen LogP contribution in [-0.4, -0.2) is 80.5 Å². The standard InChI is InChI=1S/C22H22B3N9O5/c1-38-18-11(21-30-15(34-39-21)9-27-16(35)8-26)3-2-4-12(18)28-13-7-14(29-19(36)10-5-6-10)32-33-17(13)20(37)31-22(23,24)25/h2-4,7,10H,5-6,8-9,26H2,1H3,(H,27,35)(H,31,37)(H2,28,29,32,36). The fourth-order valence-corrected chi connectivity index (χ4v) is 3.40. The Morgan fingerprint density at radius 2 is 1.95 bits per heavy atom. The quantitative estimate of drug-likeness (QED) is 0.194. The number of ether oxygens (including phenoxy) is 1. The minimum atomic E-state index is -2.02. The molecule has 194 valence electrons. The number of rotatable bonds is 11. The lowest BCUT2D eigenvalue weighted by Gasteiger charge is -2.23. The lowest BCUT2D eigenvalue weighted by atomic mass is 9.49. The highest BCUT2D eigenvalue weighted by Crippen LogP contribution is 2.38. The summed E-state index contributed by atoms with van der Waals surface area (Å²) in [6, 6.07) is 6.43. The molecule has 1 fully saturated rings. The summed E-state index contributed by atoms with van der Waals surface area (Å²) < 4.78 is 10.9. The Labute approximate surface area is 226 Å². The second kappa shape index (κ2) is 11.6. The van der Waals surface area contributed by atoms with E-state index in [1.165, 1.54) is 13.2 Å². The predicted octanol–water partition coefficient (Wildman–Crippen LogP) is -0.951. The van der Waals surface area contributed by atoms with Crippen molar-refractivity contribution in [3.8, 4) is 17.2 Å². The van der Waals surface area contributed by atoms with Crippen molar-refractivity contribution >= 4 is 58.5 Å². The van der Waals surface area contributed by atoms with Crippen LogP contribution in [0.15, 0.2) is 28.8 Å². The van der Waals surface area contributed by atoms with Crippen molar-refractivity contribution in [3.05, 3.63) is 35.8 Å². The van der Waals surface area contributed by atoms with Crippen molar-refractivity contribution in [2.75, 3.05) is 24.3 Å². The summed E-state index contributed by atoms with van der Waals surface area (Å²) in [6.45, 7) is -0.161. The Hall–Kier alpha value is -4.40. The molecular formula is C22H22B3N9O5. The largest absolute Gasteiger partial charge is 0.494 e. The van der Waals surface area contributed by atoms with Gasteiger partial charge in [-0.05, 0) is 25.0 Å². The maximum Gasteiger partial charge on any atom is 0.272 e. The first kappa shape index (κ1) is 27.6. The van der Waals surface area contributed by atoms with Crippen LogP contribution in [0.25, 0.3) is 11.5 Å². The van der Waals surface area contributed by atoms with Crippen LogP contribution in [0.5, 0.6) is 5.75 Å². The average Bonchev–Trinajstić information content (AvgIpc) is 3.64. The van der Waals surface area contributed by atoms with Crippen molar-refractivity contribution in [2.24, 2.45) is 11.7 Å². The van der Waals surface area contributed by atoms with Crippen molar-refractivity contribution in [1.82, 2.24) is 31.0 Å². The molecule has 0 atom stereocenters. The Bertz CT molecular complexity index is 1390. The molecule has 2 heterocycles. The zero-order valence-electron chi connectivity index (χ0n) is 20.9. The fraction of sp³-hybridized carbons (Fsp3) is 0.318. The number of carbonyl (C=O) groups excluding carboxylic acids is 3. The van der Waals surface area contributed by atoms with Crippen LogP contribution >= 0.6 is 0 Å². The van der Waals surface area contributed by atoms with Gasteiger partial charge in [0.1, 0.15) is 0 Å². The van der Waals surface area contributed by atoms with E-state index < -0.39 is 11.1 Å². The molecule has 1 aliphatic carbocycles. The molecule has 0 bridgehead atoms. The van der Waals surface area contributed by atoms with E-state index in [1.807, 2.05) is 0 Å². The SMILES string of the molecule is [B]C([B])([B])NC(=O)c1nnc(NC(=O)C2CC2)cc1Nc1cccc(-c2nc(CNC(=O)CN)no2)c1OC. The van der Waals surface area contributed by atoms with Crippen LogP contribution in [0.2, 0.25) is 0 Å². The third-order valence-corrected chi connectivity index (χ3v) is 5.35. The summed E-state index contributed by atoms with van der Waals surface area (Å²) in [4.78, 5) is 40.8. The number of hydrogen-bond acceptors (Lipinski definition) is 11. The maximum absolute atomic E-state index is 12.8. The Kier molecular flexibility index (Phi) is 8.19. The van der Waals surface area contributed by atoms with E-state index in [9.17, 15) is 14.4 Å². The minimum absolute atomic E-state index is 0.0151. The normalized spacial score (nSPS) is 12.9. The van der Waals surface area contributed by atoms with Gasteiger partial charge in [-0.1, -0.05) is 16.5 Å². The van der Waals surface area contributed by atoms with Crippen molar-refractivity contribution in [1.29, 1.82) is 0 Å². The number of para-hydroxylation sites is 1. The number of anilines is 3. The second-order valence-corrected chi connectivity index (χ2v) is 8.65. The molecule has 0 saturated heterocycles. The van der Waals surface area contributed by atoms with Crippen LogP contribution < -0.4 is 31.7 Å². The molecule has 1 aliphatic rings. The predicted molar refractivity (Wildman–Crippen MR) is 141 cm³/mol. The molecule has 0 unspecified atom stereocenters. The molecule has 2 aromatic heterocycles. The van der Waals surface area contributed by atoms with Crippen molar-refractivity contribution in [3.63, 3.8) is 0 Å². The van der Waals surface area contributed by atoms with Crippen LogP contribution in [-0.2, 0) is 16.1 Å². The number of nitrogens with zero attached hydrogens (tertiary/aromatic N) is 4. The van der Waals surface area contributed by atoms with Gasteiger partial charge in [0, 0.05) is 12.0 Å². The highest BCUT2D eigenvalue weighted by atomic mass is 16.5. The number of benzene rings is 1. The third-order valence-electron chi connectivity index (χ3n) is 5.35. The van der Waals surface area contributed by atoms with Crippen LogP contribution in [0.3, 0.4) is 0 Å². The van der Waals surface area contributed by atoms with E-state index in [-0.39, 0.29) is 65.5 Å². The van der Waals surface area contributed by atoms with E-state index in [0.29, 0.717) is 11.3 Å². The summed E-state index contributed by atoms with van der Waals surface area (Å²) in [6.07, 6.45) is 1.58. The molecule has 3 amide bonds. The van der Waals surface area contributed by atoms with E-state index in [1.54, 1.807) is 18.2 Å². The van der Waals surface area contributed by atoms with Gasteiger partial charge < -0.3 is 36.3 Å². The van der Waals surface area contributed by atoms with Gasteiger partial charge in [0.2, 0.25) is 11.8 Å². The minimum Gasteiger partial charge on any atom is -0.494 e. The van der Waals surface area contributed by atoms with Gasteiger partial charge >= 0.3 is 0 Å². The molecule has 6 radical (unpaired) electrons. The lowest BCUT2D eigenvalue weighted by molar-refractivity contribution is -0.120. The van der Waals surface area contributed by atoms with Crippen molar-refractivity contribution in [2.45, 2.75) is 24.6 Å². The van der Waals surface area contributed by atoms with E-state index in [0.717, 1.165) is 12.8 Å². The molecule has 6 N–H and O–H groups in total. The summed E-state index contributed by atoms with van der Waals surface area (Å²) in [5.74, 6) is -0.777. The molecule has 0 spiro atoms. The molecule has 1 saturated carbocycles. The van der Waals surface area contributed by atoms with Gasteiger partial charge in [-0.2, -0.15) is 4.98 Å². The van der Waals surface area contributed by atoms with Crippen LogP contribution in [0, 0.1) is 5.92 Å². The number of amides is 3. The maximum atomic E-state index is 12.8. The highest BCUT2D eigenvalue weighted by molar-refractivity contribution is 6.60. The number of aromatic nitrogens is 4. The highest BCUT2D eigenvalue weighted by Gasteiger charge is 2.30. The zero-order valence-corrected chi connectivity index (χ0v) is 20.9. The van der Waals surface area contributed by atoms with E-state index in [4.69, 9.17) is 38.5 Å². The number of nitrogens with one attached hydrogen (secondary N) is 4. The topological polar surface area (TPSA) is 199 Å². The number of nitrogens with two attached hydrogens (primary N) is 1. The first-order valence-corrected chi connectivity index (χ1v) is 11.7. The zero-order chi connectivity index (χ0) is 28.2. The van der Waals surface area contributed by atoms with Gasteiger partial charge in [-0.25, -0.2) is 0 Å². The molecule has 1 aromatic carbocycles. The lowest BCUT2D eigenvalue weighted by Crippen LogP contribution is -2.50. The molecule has 0 aliphatic heterocycles. The first-order valence-electron chi connectivity index (χ1n) is 11.7. The molecular weight excluding hydrogens is 503 g/mol. The third kappa shape index (κ3) is 7.13. The summed E-state index contributed by atoms with van der Waals surface area (Å²) in [7, 11) is 18.0. The smallest absolute Gasteiger partial charge is 0.272 e. The molecule has 14 nitrogen and oxygen atoms in total. The Balaban J connectivity index is 1.66. The monoisotopic (exact) mass is 525 g/mol. The molecule has 3 aromatic rings. The number of hydrogen-bond donors (Lipinski definition) is 5.